The van der Waals surface area contributed by atoms with E-state index in [-0.39, 0.29) is 17.7 Å². The largest absolute Gasteiger partial charge is 0.351 e. The van der Waals surface area contributed by atoms with E-state index < -0.39 is 6.04 Å². The zero-order chi connectivity index (χ0) is 15.1. The molecule has 0 fully saturated rings. The van der Waals surface area contributed by atoms with Gasteiger partial charge in [0.1, 0.15) is 0 Å². The molecule has 1 atom stereocenters. The highest BCUT2D eigenvalue weighted by Gasteiger charge is 2.10. The quantitative estimate of drug-likeness (QED) is 0.739. The summed E-state index contributed by atoms with van der Waals surface area (Å²) in [6, 6.07) is 6.92. The summed E-state index contributed by atoms with van der Waals surface area (Å²) >= 11 is 0. The van der Waals surface area contributed by atoms with Gasteiger partial charge in [-0.25, -0.2) is 0 Å². The molecule has 1 aromatic rings. The van der Waals surface area contributed by atoms with Crippen LogP contribution in [0, 0.1) is 5.92 Å². The highest BCUT2D eigenvalue weighted by atomic mass is 16.2. The molecule has 0 spiro atoms. The Morgan fingerprint density at radius 3 is 2.25 bits per heavy atom. The average molecular weight is 277 g/mol. The molecule has 1 rings (SSSR count). The minimum atomic E-state index is -0.459. The second-order valence-corrected chi connectivity index (χ2v) is 5.07. The van der Waals surface area contributed by atoms with Gasteiger partial charge in [-0.3, -0.25) is 9.59 Å². The molecule has 0 radical (unpaired) electrons. The van der Waals surface area contributed by atoms with Crippen molar-refractivity contribution >= 4 is 17.5 Å². The van der Waals surface area contributed by atoms with E-state index in [0.717, 1.165) is 11.3 Å². The van der Waals surface area contributed by atoms with E-state index in [0.29, 0.717) is 13.0 Å². The maximum atomic E-state index is 11.5. The Balaban J connectivity index is 2.51. The third-order valence-electron chi connectivity index (χ3n) is 2.99. The van der Waals surface area contributed by atoms with Crippen LogP contribution in [-0.4, -0.2) is 17.9 Å². The van der Waals surface area contributed by atoms with Gasteiger partial charge in [-0.2, -0.15) is 0 Å². The first-order valence-corrected chi connectivity index (χ1v) is 6.87. The lowest BCUT2D eigenvalue weighted by Crippen LogP contribution is -2.39. The molecule has 1 aromatic carbocycles. The number of hydrogen-bond acceptors (Lipinski definition) is 3. The smallest absolute Gasteiger partial charge is 0.237 e. The SMILES string of the molecule is CC[C@@H](N)C(=O)NCc1ccc(NC(=O)C(C)C)cc1. The standard InChI is InChI=1S/C15H23N3O2/c1-4-13(16)15(20)17-9-11-5-7-12(8-6-11)18-14(19)10(2)3/h5-8,10,13H,4,9,16H2,1-3H3,(H,17,20)(H,18,19)/t13-/m1/s1. The molecular formula is C15H23N3O2. The van der Waals surface area contributed by atoms with Crippen molar-refractivity contribution in [1.29, 1.82) is 0 Å². The Hall–Kier alpha value is -1.88. The summed E-state index contributed by atoms with van der Waals surface area (Å²) < 4.78 is 0. The number of benzene rings is 1. The van der Waals surface area contributed by atoms with Gasteiger partial charge in [0.25, 0.3) is 0 Å². The third-order valence-corrected chi connectivity index (χ3v) is 2.99. The molecule has 20 heavy (non-hydrogen) atoms. The van der Waals surface area contributed by atoms with Crippen LogP contribution in [-0.2, 0) is 16.1 Å². The first-order chi connectivity index (χ1) is 9.43. The predicted molar refractivity (Wildman–Crippen MR) is 80.0 cm³/mol. The van der Waals surface area contributed by atoms with Gasteiger partial charge >= 0.3 is 0 Å². The van der Waals surface area contributed by atoms with Crippen molar-refractivity contribution < 1.29 is 9.59 Å². The van der Waals surface area contributed by atoms with E-state index in [1.165, 1.54) is 0 Å². The molecule has 0 heterocycles. The average Bonchev–Trinajstić information content (AvgIpc) is 2.45. The van der Waals surface area contributed by atoms with Crippen LogP contribution < -0.4 is 16.4 Å². The summed E-state index contributed by atoms with van der Waals surface area (Å²) in [7, 11) is 0. The Morgan fingerprint density at radius 1 is 1.15 bits per heavy atom. The van der Waals surface area contributed by atoms with Gasteiger partial charge in [0.2, 0.25) is 11.8 Å². The minimum absolute atomic E-state index is 0.0139. The maximum Gasteiger partial charge on any atom is 0.237 e. The number of anilines is 1. The van der Waals surface area contributed by atoms with Crippen molar-refractivity contribution in [3.8, 4) is 0 Å². The van der Waals surface area contributed by atoms with Crippen molar-refractivity contribution in [3.63, 3.8) is 0 Å². The van der Waals surface area contributed by atoms with Crippen molar-refractivity contribution in [2.24, 2.45) is 11.7 Å². The van der Waals surface area contributed by atoms with Crippen LogP contribution in [0.4, 0.5) is 5.69 Å². The van der Waals surface area contributed by atoms with Crippen LogP contribution in [0.2, 0.25) is 0 Å². The van der Waals surface area contributed by atoms with Crippen molar-refractivity contribution in [2.75, 3.05) is 5.32 Å². The van der Waals surface area contributed by atoms with E-state index >= 15 is 0 Å². The molecule has 0 saturated carbocycles. The van der Waals surface area contributed by atoms with Gasteiger partial charge in [0, 0.05) is 18.2 Å². The summed E-state index contributed by atoms with van der Waals surface area (Å²) in [4.78, 5) is 23.1. The van der Waals surface area contributed by atoms with Crippen molar-refractivity contribution in [1.82, 2.24) is 5.32 Å². The summed E-state index contributed by atoms with van der Waals surface area (Å²) in [6.07, 6.45) is 0.617. The van der Waals surface area contributed by atoms with Gasteiger partial charge in [-0.15, -0.1) is 0 Å². The fourth-order valence-corrected chi connectivity index (χ4v) is 1.50. The molecule has 5 heteroatoms. The van der Waals surface area contributed by atoms with Crippen LogP contribution >= 0.6 is 0 Å². The normalized spacial score (nSPS) is 12.1. The van der Waals surface area contributed by atoms with E-state index in [2.05, 4.69) is 10.6 Å². The number of rotatable bonds is 6. The molecular weight excluding hydrogens is 254 g/mol. The van der Waals surface area contributed by atoms with Crippen LogP contribution in [0.3, 0.4) is 0 Å². The van der Waals surface area contributed by atoms with Crippen LogP contribution in [0.15, 0.2) is 24.3 Å². The van der Waals surface area contributed by atoms with E-state index in [1.807, 2.05) is 45.0 Å². The van der Waals surface area contributed by atoms with Gasteiger partial charge in [0.15, 0.2) is 0 Å². The minimum Gasteiger partial charge on any atom is -0.351 e. The fourth-order valence-electron chi connectivity index (χ4n) is 1.50. The number of nitrogens with one attached hydrogen (secondary N) is 2. The van der Waals surface area contributed by atoms with Crippen LogP contribution in [0.5, 0.6) is 0 Å². The summed E-state index contributed by atoms with van der Waals surface area (Å²) in [5.74, 6) is -0.214. The monoisotopic (exact) mass is 277 g/mol. The first kappa shape index (κ1) is 16.2. The van der Waals surface area contributed by atoms with Crippen LogP contribution in [0.25, 0.3) is 0 Å². The molecule has 0 aliphatic heterocycles. The Kier molecular flexibility index (Phi) is 6.18. The Bertz CT molecular complexity index is 455. The molecule has 0 bridgehead atoms. The Labute approximate surface area is 119 Å². The topological polar surface area (TPSA) is 84.2 Å². The summed E-state index contributed by atoms with van der Waals surface area (Å²) in [6.45, 7) is 5.99. The summed E-state index contributed by atoms with van der Waals surface area (Å²) in [5, 5.41) is 5.59. The van der Waals surface area contributed by atoms with Gasteiger partial charge in [-0.1, -0.05) is 32.9 Å². The molecule has 0 aliphatic carbocycles. The molecule has 0 aliphatic rings. The lowest BCUT2D eigenvalue weighted by molar-refractivity contribution is -0.122. The highest BCUT2D eigenvalue weighted by molar-refractivity contribution is 5.92. The molecule has 110 valence electrons. The van der Waals surface area contributed by atoms with E-state index in [4.69, 9.17) is 5.73 Å². The summed E-state index contributed by atoms with van der Waals surface area (Å²) in [5.41, 5.74) is 7.34. The maximum absolute atomic E-state index is 11.5. The number of nitrogens with two attached hydrogens (primary N) is 1. The van der Waals surface area contributed by atoms with Crippen LogP contribution in [0.1, 0.15) is 32.8 Å². The Morgan fingerprint density at radius 2 is 1.75 bits per heavy atom. The number of hydrogen-bond donors (Lipinski definition) is 3. The number of amides is 2. The zero-order valence-corrected chi connectivity index (χ0v) is 12.3. The zero-order valence-electron chi connectivity index (χ0n) is 12.3. The second-order valence-electron chi connectivity index (χ2n) is 5.07. The van der Waals surface area contributed by atoms with E-state index in [9.17, 15) is 9.59 Å². The first-order valence-electron chi connectivity index (χ1n) is 6.87. The molecule has 5 nitrogen and oxygen atoms in total. The predicted octanol–water partition coefficient (Wildman–Crippen LogP) is 1.63. The van der Waals surface area contributed by atoms with Gasteiger partial charge in [0.05, 0.1) is 6.04 Å². The lowest BCUT2D eigenvalue weighted by atomic mass is 10.1. The fraction of sp³-hybridized carbons (Fsp3) is 0.467. The van der Waals surface area contributed by atoms with E-state index in [1.54, 1.807) is 0 Å². The molecule has 0 aromatic heterocycles. The van der Waals surface area contributed by atoms with Gasteiger partial charge < -0.3 is 16.4 Å². The molecule has 4 N–H and O–H groups in total. The second kappa shape index (κ2) is 7.65. The van der Waals surface area contributed by atoms with Gasteiger partial charge in [-0.05, 0) is 24.1 Å². The van der Waals surface area contributed by atoms with Crippen molar-refractivity contribution in [2.45, 2.75) is 39.8 Å². The number of carbonyl (C=O) groups is 2. The highest BCUT2D eigenvalue weighted by Crippen LogP contribution is 2.11. The molecule has 0 unspecified atom stereocenters. The van der Waals surface area contributed by atoms with Crippen molar-refractivity contribution in [3.05, 3.63) is 29.8 Å². The third kappa shape index (κ3) is 5.01. The number of carbonyl (C=O) groups excluding carboxylic acids is 2. The molecule has 0 saturated heterocycles. The molecule has 2 amide bonds. The lowest BCUT2D eigenvalue weighted by Gasteiger charge is -2.11.